The van der Waals surface area contributed by atoms with Gasteiger partial charge in [-0.3, -0.25) is 9.20 Å². The van der Waals surface area contributed by atoms with Crippen LogP contribution < -0.4 is 21.3 Å². The number of nitrogens with one attached hydrogen (secondary N) is 4. The highest BCUT2D eigenvalue weighted by Gasteiger charge is 2.16. The molecule has 0 atom stereocenters. The molecule has 222 valence electrons. The number of hydrogen-bond donors (Lipinski definition) is 4. The summed E-state index contributed by atoms with van der Waals surface area (Å²) in [6, 6.07) is 13.8. The van der Waals surface area contributed by atoms with Crippen molar-refractivity contribution in [3.63, 3.8) is 0 Å². The van der Waals surface area contributed by atoms with Crippen LogP contribution in [0, 0.1) is 13.8 Å². The van der Waals surface area contributed by atoms with E-state index in [-0.39, 0.29) is 11.9 Å². The number of aromatic nitrogens is 3. The van der Waals surface area contributed by atoms with Crippen LogP contribution in [0.3, 0.4) is 0 Å². The fraction of sp³-hybridized carbons (Fsp3) is 0.333. The van der Waals surface area contributed by atoms with Gasteiger partial charge < -0.3 is 26.2 Å². The number of benzene rings is 2. The minimum atomic E-state index is -2.17. The molecule has 1 saturated heterocycles. The molecule has 0 radical (unpaired) electrons. The summed E-state index contributed by atoms with van der Waals surface area (Å²) in [6.07, 6.45) is 3.32. The van der Waals surface area contributed by atoms with Crippen LogP contribution in [-0.4, -0.2) is 76.9 Å². The predicted octanol–water partition coefficient (Wildman–Crippen LogP) is 4.37. The van der Waals surface area contributed by atoms with Gasteiger partial charge in [0, 0.05) is 68.5 Å². The molecule has 0 saturated carbocycles. The van der Waals surface area contributed by atoms with Crippen LogP contribution >= 0.6 is 0 Å². The summed E-state index contributed by atoms with van der Waals surface area (Å²) >= 11 is 0. The number of piperazine rings is 1. The maximum absolute atomic E-state index is 12.7. The lowest BCUT2D eigenvalue weighted by Crippen LogP contribution is -2.51. The van der Waals surface area contributed by atoms with Crippen molar-refractivity contribution in [3.05, 3.63) is 77.7 Å². The number of urea groups is 1. The average molecular weight is 579 g/mol. The van der Waals surface area contributed by atoms with Crippen LogP contribution in [0.15, 0.2) is 61.1 Å². The number of nitrogens with zero attached hydrogens (tertiary/aromatic N) is 4. The molecule has 0 aliphatic carbocycles. The molecule has 0 spiro atoms. The van der Waals surface area contributed by atoms with Crippen LogP contribution in [0.25, 0.3) is 16.9 Å². The van der Waals surface area contributed by atoms with Crippen molar-refractivity contribution in [3.8, 4) is 11.3 Å². The summed E-state index contributed by atoms with van der Waals surface area (Å²) in [5.74, 6) is 0.449. The maximum Gasteiger partial charge on any atom is 0.317 e. The zero-order valence-electron chi connectivity index (χ0n) is 24.0. The first-order chi connectivity index (χ1) is 20.2. The van der Waals surface area contributed by atoms with Crippen LogP contribution in [0.4, 0.5) is 25.1 Å². The molecule has 2 aromatic heterocycles. The number of rotatable bonds is 7. The Morgan fingerprint density at radius 1 is 1.00 bits per heavy atom. The van der Waals surface area contributed by atoms with Gasteiger partial charge in [-0.25, -0.2) is 23.5 Å². The molecule has 1 aliphatic heterocycles. The van der Waals surface area contributed by atoms with Crippen molar-refractivity contribution >= 4 is 29.1 Å². The molecule has 1 fully saturated rings. The smallest absolute Gasteiger partial charge is 0.317 e. The molecule has 5 rings (SSSR count). The molecule has 10 nitrogen and oxygen atoms in total. The number of carbonyl (C=O) groups is 2. The van der Waals surface area contributed by atoms with Crippen molar-refractivity contribution in [2.45, 2.75) is 27.2 Å². The number of anilines is 2. The van der Waals surface area contributed by atoms with Gasteiger partial charge in [-0.2, -0.15) is 0 Å². The van der Waals surface area contributed by atoms with Crippen molar-refractivity contribution in [1.82, 2.24) is 35.2 Å². The van der Waals surface area contributed by atoms with E-state index in [2.05, 4.69) is 62.4 Å². The van der Waals surface area contributed by atoms with E-state index in [1.165, 1.54) is 5.56 Å². The maximum atomic E-state index is 12.7. The first-order valence-electron chi connectivity index (χ1n) is 13.8. The number of halogens is 2. The molecule has 4 aromatic rings. The van der Waals surface area contributed by atoms with E-state index >= 15 is 0 Å². The molecule has 0 unspecified atom stereocenters. The fourth-order valence-corrected chi connectivity index (χ4v) is 4.50. The van der Waals surface area contributed by atoms with Gasteiger partial charge in [-0.05, 0) is 44.5 Å². The van der Waals surface area contributed by atoms with Gasteiger partial charge in [0.15, 0.2) is 11.5 Å². The van der Waals surface area contributed by atoms with E-state index in [0.29, 0.717) is 43.2 Å². The van der Waals surface area contributed by atoms with Gasteiger partial charge >= 0.3 is 6.03 Å². The van der Waals surface area contributed by atoms with Crippen molar-refractivity contribution in [2.24, 2.45) is 0 Å². The number of carbonyl (C=O) groups excluding carboxylic acids is 2. The summed E-state index contributed by atoms with van der Waals surface area (Å²) in [5, 5.41) is 12.3. The second-order valence-corrected chi connectivity index (χ2v) is 9.88. The molecule has 3 amide bonds. The SMILES string of the molecule is CC(F)F.Cc1ccc(-c2cnc3c(Nc4ccc(C(=O)NCCNC(=O)N5CCNCC5)c(C)c4)nccn23)cc1. The minimum Gasteiger partial charge on any atom is -0.350 e. The topological polar surface area (TPSA) is 116 Å². The van der Waals surface area contributed by atoms with E-state index in [1.54, 1.807) is 17.2 Å². The third kappa shape index (κ3) is 8.00. The highest BCUT2D eigenvalue weighted by molar-refractivity contribution is 5.96. The number of imidazole rings is 1. The Morgan fingerprint density at radius 2 is 1.69 bits per heavy atom. The lowest BCUT2D eigenvalue weighted by Gasteiger charge is -2.27. The van der Waals surface area contributed by atoms with E-state index in [9.17, 15) is 18.4 Å². The van der Waals surface area contributed by atoms with Crippen LogP contribution in [0.1, 0.15) is 28.4 Å². The third-order valence-corrected chi connectivity index (χ3v) is 6.60. The number of hydrogen-bond acceptors (Lipinski definition) is 6. The summed E-state index contributed by atoms with van der Waals surface area (Å²) < 4.78 is 22.7. The Morgan fingerprint density at radius 3 is 2.38 bits per heavy atom. The minimum absolute atomic E-state index is 0.0977. The first-order valence-corrected chi connectivity index (χ1v) is 13.8. The lowest BCUT2D eigenvalue weighted by molar-refractivity contribution is 0.0952. The molecule has 4 N–H and O–H groups in total. The molecule has 0 bridgehead atoms. The Kier molecular flexibility index (Phi) is 10.4. The van der Waals surface area contributed by atoms with Gasteiger partial charge in [0.25, 0.3) is 5.91 Å². The molecule has 12 heteroatoms. The summed E-state index contributed by atoms with van der Waals surface area (Å²) in [6.45, 7) is 8.50. The van der Waals surface area contributed by atoms with E-state index in [1.807, 2.05) is 35.9 Å². The third-order valence-electron chi connectivity index (χ3n) is 6.60. The largest absolute Gasteiger partial charge is 0.350 e. The monoisotopic (exact) mass is 578 g/mol. The lowest BCUT2D eigenvalue weighted by atomic mass is 10.1. The zero-order chi connectivity index (χ0) is 30.1. The number of fused-ring (bicyclic) bond motifs is 1. The Labute approximate surface area is 243 Å². The highest BCUT2D eigenvalue weighted by atomic mass is 19.3. The molecule has 2 aromatic carbocycles. The number of amides is 3. The molecule has 3 heterocycles. The molecular weight excluding hydrogens is 542 g/mol. The summed E-state index contributed by atoms with van der Waals surface area (Å²) in [5.41, 5.74) is 6.20. The normalized spacial score (nSPS) is 13.0. The van der Waals surface area contributed by atoms with Crippen LogP contribution in [-0.2, 0) is 0 Å². The number of alkyl halides is 2. The summed E-state index contributed by atoms with van der Waals surface area (Å²) in [7, 11) is 0. The van der Waals surface area contributed by atoms with Crippen LogP contribution in [0.5, 0.6) is 0 Å². The van der Waals surface area contributed by atoms with E-state index < -0.39 is 6.43 Å². The molecule has 42 heavy (non-hydrogen) atoms. The van der Waals surface area contributed by atoms with Crippen molar-refractivity contribution < 1.29 is 18.4 Å². The fourth-order valence-electron chi connectivity index (χ4n) is 4.50. The zero-order valence-corrected chi connectivity index (χ0v) is 24.0. The van der Waals surface area contributed by atoms with Crippen molar-refractivity contribution in [2.75, 3.05) is 44.6 Å². The molecular formula is C30H36F2N8O2. The van der Waals surface area contributed by atoms with Crippen molar-refractivity contribution in [1.29, 1.82) is 0 Å². The van der Waals surface area contributed by atoms with E-state index in [0.717, 1.165) is 42.5 Å². The second kappa shape index (κ2) is 14.4. The summed E-state index contributed by atoms with van der Waals surface area (Å²) in [4.78, 5) is 35.8. The quantitative estimate of drug-likeness (QED) is 0.242. The van der Waals surface area contributed by atoms with Gasteiger partial charge in [-0.15, -0.1) is 0 Å². The highest BCUT2D eigenvalue weighted by Crippen LogP contribution is 2.26. The van der Waals surface area contributed by atoms with Gasteiger partial charge in [0.05, 0.1) is 11.9 Å². The van der Waals surface area contributed by atoms with Gasteiger partial charge in [0.1, 0.15) is 0 Å². The van der Waals surface area contributed by atoms with E-state index in [4.69, 9.17) is 0 Å². The Hall–Kier alpha value is -4.58. The standard InChI is InChI=1S/C28H32N8O2.C2H4F2/c1-19-3-5-21(6-4-19)24-18-33-26-25(30-13-16-36(24)26)34-22-7-8-23(20(2)17-22)27(37)31-9-10-32-28(38)35-14-11-29-12-15-35;1-2(3)4/h3-8,13,16-18,29H,9-12,14-15H2,1-2H3,(H,30,34)(H,31,37)(H,32,38);2H,1H3. The van der Waals surface area contributed by atoms with Gasteiger partial charge in [0.2, 0.25) is 6.43 Å². The number of aryl methyl sites for hydroxylation is 2. The second-order valence-electron chi connectivity index (χ2n) is 9.88. The predicted molar refractivity (Wildman–Crippen MR) is 159 cm³/mol. The Bertz CT molecular complexity index is 1500. The van der Waals surface area contributed by atoms with Gasteiger partial charge in [-0.1, -0.05) is 29.8 Å². The van der Waals surface area contributed by atoms with Crippen LogP contribution in [0.2, 0.25) is 0 Å². The molecule has 1 aliphatic rings. The first kappa shape index (κ1) is 30.4. The Balaban J connectivity index is 0.000000952. The average Bonchev–Trinajstić information content (AvgIpc) is 3.41.